The molecule has 0 amide bonds. The van der Waals surface area contributed by atoms with E-state index in [0.717, 1.165) is 13.0 Å². The maximum absolute atomic E-state index is 5.84. The van der Waals surface area contributed by atoms with Crippen LogP contribution in [-0.4, -0.2) is 9.78 Å². The Morgan fingerprint density at radius 1 is 1.61 bits per heavy atom. The molecule has 3 N–H and O–H groups in total. The van der Waals surface area contributed by atoms with E-state index in [2.05, 4.69) is 42.0 Å². The van der Waals surface area contributed by atoms with Crippen molar-refractivity contribution in [1.29, 1.82) is 0 Å². The number of nitrogens with zero attached hydrogens (tertiary/aromatic N) is 2. The van der Waals surface area contributed by atoms with Crippen LogP contribution >= 0.6 is 0 Å². The summed E-state index contributed by atoms with van der Waals surface area (Å²) in [6, 6.07) is 2.32. The van der Waals surface area contributed by atoms with E-state index < -0.39 is 0 Å². The molecule has 4 heteroatoms. The number of hydrazine groups is 1. The summed E-state index contributed by atoms with van der Waals surface area (Å²) in [7, 11) is 0. The number of rotatable bonds is 5. The van der Waals surface area contributed by atoms with Crippen LogP contribution in [0.25, 0.3) is 0 Å². The molecule has 0 radical (unpaired) electrons. The molecule has 2 atom stereocenters. The lowest BCUT2D eigenvalue weighted by atomic mass is 9.76. The van der Waals surface area contributed by atoms with Gasteiger partial charge < -0.3 is 0 Å². The second-order valence-corrected chi connectivity index (χ2v) is 6.11. The molecule has 0 bridgehead atoms. The summed E-state index contributed by atoms with van der Waals surface area (Å²) in [5.74, 6) is 6.43. The molecule has 2 rings (SSSR count). The summed E-state index contributed by atoms with van der Waals surface area (Å²) in [6.45, 7) is 7.86. The van der Waals surface area contributed by atoms with Crippen molar-refractivity contribution in [3.63, 3.8) is 0 Å². The zero-order chi connectivity index (χ0) is 13.2. The third-order valence-electron chi connectivity index (χ3n) is 4.43. The van der Waals surface area contributed by atoms with Gasteiger partial charge in [-0.2, -0.15) is 5.10 Å². The topological polar surface area (TPSA) is 55.9 Å². The van der Waals surface area contributed by atoms with E-state index in [9.17, 15) is 0 Å². The van der Waals surface area contributed by atoms with Crippen LogP contribution in [0.3, 0.4) is 0 Å². The summed E-state index contributed by atoms with van der Waals surface area (Å²) in [6.07, 6.45) is 6.83. The molecular weight excluding hydrogens is 224 g/mol. The van der Waals surface area contributed by atoms with E-state index in [0.29, 0.717) is 11.3 Å². The van der Waals surface area contributed by atoms with Crippen LogP contribution < -0.4 is 11.3 Å². The number of aromatic nitrogens is 2. The van der Waals surface area contributed by atoms with Crippen molar-refractivity contribution in [1.82, 2.24) is 15.2 Å². The molecule has 1 aromatic rings. The average Bonchev–Trinajstić information content (AvgIpc) is 2.89. The Labute approximate surface area is 110 Å². The third kappa shape index (κ3) is 2.45. The molecule has 1 saturated carbocycles. The smallest absolute Gasteiger partial charge is 0.0662 e. The molecule has 102 valence electrons. The minimum atomic E-state index is 0.219. The van der Waals surface area contributed by atoms with Crippen LogP contribution in [-0.2, 0) is 6.54 Å². The van der Waals surface area contributed by atoms with E-state index in [-0.39, 0.29) is 6.04 Å². The Hall–Kier alpha value is -0.870. The Morgan fingerprint density at radius 3 is 2.94 bits per heavy atom. The number of aryl methyl sites for hydroxylation is 1. The molecule has 0 spiro atoms. The standard InChI is InChI=1S/C14H26N4/c1-4-10-18-12(7-9-16-18)13(17-15)11-6-5-8-14(11,2)3/h7,9,11,13,17H,4-6,8,10,15H2,1-3H3. The molecule has 1 aliphatic rings. The summed E-state index contributed by atoms with van der Waals surface area (Å²) in [4.78, 5) is 0. The van der Waals surface area contributed by atoms with Crippen molar-refractivity contribution in [2.75, 3.05) is 0 Å². The van der Waals surface area contributed by atoms with Gasteiger partial charge in [-0.25, -0.2) is 0 Å². The normalized spacial score (nSPS) is 24.3. The molecular formula is C14H26N4. The molecule has 2 unspecified atom stereocenters. The number of nitrogens with two attached hydrogens (primary N) is 1. The lowest BCUT2D eigenvalue weighted by Crippen LogP contribution is -2.39. The van der Waals surface area contributed by atoms with E-state index in [1.807, 2.05) is 6.20 Å². The molecule has 0 aromatic carbocycles. The van der Waals surface area contributed by atoms with Crippen LogP contribution in [0.15, 0.2) is 12.3 Å². The second kappa shape index (κ2) is 5.41. The molecule has 1 heterocycles. The maximum atomic E-state index is 5.84. The highest BCUT2D eigenvalue weighted by Crippen LogP contribution is 2.48. The second-order valence-electron chi connectivity index (χ2n) is 6.11. The lowest BCUT2D eigenvalue weighted by Gasteiger charge is -2.34. The fraction of sp³-hybridized carbons (Fsp3) is 0.786. The van der Waals surface area contributed by atoms with E-state index in [4.69, 9.17) is 5.84 Å². The van der Waals surface area contributed by atoms with Crippen molar-refractivity contribution in [2.24, 2.45) is 17.2 Å². The highest BCUT2D eigenvalue weighted by Gasteiger charge is 2.40. The van der Waals surface area contributed by atoms with Crippen LogP contribution in [0.5, 0.6) is 0 Å². The molecule has 4 nitrogen and oxygen atoms in total. The minimum absolute atomic E-state index is 0.219. The van der Waals surface area contributed by atoms with Crippen molar-refractivity contribution in [2.45, 2.75) is 59.0 Å². The van der Waals surface area contributed by atoms with E-state index >= 15 is 0 Å². The van der Waals surface area contributed by atoms with Crippen LogP contribution in [0, 0.1) is 11.3 Å². The van der Waals surface area contributed by atoms with Crippen LogP contribution in [0.4, 0.5) is 0 Å². The first-order valence-corrected chi connectivity index (χ1v) is 7.08. The first-order valence-electron chi connectivity index (χ1n) is 7.08. The zero-order valence-electron chi connectivity index (χ0n) is 11.8. The van der Waals surface area contributed by atoms with Gasteiger partial charge in [-0.1, -0.05) is 27.2 Å². The van der Waals surface area contributed by atoms with Crippen molar-refractivity contribution in [3.05, 3.63) is 18.0 Å². The largest absolute Gasteiger partial charge is 0.271 e. The summed E-state index contributed by atoms with van der Waals surface area (Å²) >= 11 is 0. The predicted molar refractivity (Wildman–Crippen MR) is 73.7 cm³/mol. The molecule has 0 saturated heterocycles. The average molecular weight is 250 g/mol. The predicted octanol–water partition coefficient (Wildman–Crippen LogP) is 2.62. The molecule has 18 heavy (non-hydrogen) atoms. The van der Waals surface area contributed by atoms with Gasteiger partial charge in [0, 0.05) is 12.7 Å². The van der Waals surface area contributed by atoms with Crippen molar-refractivity contribution in [3.8, 4) is 0 Å². The Balaban J connectivity index is 2.25. The van der Waals surface area contributed by atoms with Gasteiger partial charge >= 0.3 is 0 Å². The molecule has 1 fully saturated rings. The minimum Gasteiger partial charge on any atom is -0.271 e. The van der Waals surface area contributed by atoms with Gasteiger partial charge in [-0.05, 0) is 36.7 Å². The van der Waals surface area contributed by atoms with Crippen LogP contribution in [0.2, 0.25) is 0 Å². The summed E-state index contributed by atoms with van der Waals surface area (Å²) < 4.78 is 2.10. The third-order valence-corrected chi connectivity index (χ3v) is 4.43. The van der Waals surface area contributed by atoms with Gasteiger partial charge in [-0.15, -0.1) is 0 Å². The SMILES string of the molecule is CCCn1nccc1C(NN)C1CCCC1(C)C. The van der Waals surface area contributed by atoms with E-state index in [1.165, 1.54) is 25.0 Å². The number of hydrogen-bond acceptors (Lipinski definition) is 3. The van der Waals surface area contributed by atoms with E-state index in [1.54, 1.807) is 0 Å². The van der Waals surface area contributed by atoms with Crippen LogP contribution in [0.1, 0.15) is 58.2 Å². The van der Waals surface area contributed by atoms with Crippen molar-refractivity contribution < 1.29 is 0 Å². The van der Waals surface area contributed by atoms with Gasteiger partial charge in [0.25, 0.3) is 0 Å². The van der Waals surface area contributed by atoms with Gasteiger partial charge in [0.05, 0.1) is 11.7 Å². The molecule has 0 aliphatic heterocycles. The fourth-order valence-electron chi connectivity index (χ4n) is 3.38. The highest BCUT2D eigenvalue weighted by atomic mass is 15.3. The van der Waals surface area contributed by atoms with Gasteiger partial charge in [0.1, 0.15) is 0 Å². The lowest BCUT2D eigenvalue weighted by molar-refractivity contribution is 0.191. The zero-order valence-corrected chi connectivity index (χ0v) is 11.8. The Morgan fingerprint density at radius 2 is 2.39 bits per heavy atom. The molecule has 1 aliphatic carbocycles. The molecule has 1 aromatic heterocycles. The Bertz CT molecular complexity index is 383. The monoisotopic (exact) mass is 250 g/mol. The highest BCUT2D eigenvalue weighted by molar-refractivity contribution is 5.11. The van der Waals surface area contributed by atoms with Gasteiger partial charge in [0.15, 0.2) is 0 Å². The summed E-state index contributed by atoms with van der Waals surface area (Å²) in [5, 5.41) is 4.42. The van der Waals surface area contributed by atoms with Gasteiger partial charge in [-0.3, -0.25) is 16.0 Å². The van der Waals surface area contributed by atoms with Gasteiger partial charge in [0.2, 0.25) is 0 Å². The Kier molecular flexibility index (Phi) is 4.07. The maximum Gasteiger partial charge on any atom is 0.0662 e. The number of nitrogens with one attached hydrogen (secondary N) is 1. The quantitative estimate of drug-likeness (QED) is 0.624. The number of hydrogen-bond donors (Lipinski definition) is 2. The fourth-order valence-corrected chi connectivity index (χ4v) is 3.38. The summed E-state index contributed by atoms with van der Waals surface area (Å²) in [5.41, 5.74) is 4.63. The first-order chi connectivity index (χ1) is 8.60. The first kappa shape index (κ1) is 13.6. The van der Waals surface area contributed by atoms with Crippen molar-refractivity contribution >= 4 is 0 Å².